The van der Waals surface area contributed by atoms with Crippen molar-refractivity contribution in [3.63, 3.8) is 0 Å². The molecular weight excluding hydrogens is 735 g/mol. The van der Waals surface area contributed by atoms with Crippen molar-refractivity contribution in [3.8, 4) is 22.3 Å². The van der Waals surface area contributed by atoms with Crippen LogP contribution < -0.4 is 11.5 Å². The van der Waals surface area contributed by atoms with E-state index in [-0.39, 0.29) is 11.8 Å². The highest BCUT2D eigenvalue weighted by molar-refractivity contribution is 8.03. The number of fused-ring (bicyclic) bond motifs is 4. The SMILES string of the molecule is Cc1ccccc1.N=C(N)c1ccccc1.NCC1=C2C=CC=CC2C(C2C=CC(c3ccccc3)=C3Sc4c(-c5ccccc5)cc(-c5ccccc5)cc4C32)C=C1. The van der Waals surface area contributed by atoms with E-state index in [1.165, 1.54) is 65.5 Å². The predicted molar refractivity (Wildman–Crippen MR) is 251 cm³/mol. The molecule has 0 amide bonds. The van der Waals surface area contributed by atoms with Crippen molar-refractivity contribution in [1.82, 2.24) is 0 Å². The van der Waals surface area contributed by atoms with Crippen LogP contribution in [-0.2, 0) is 0 Å². The Labute approximate surface area is 353 Å². The van der Waals surface area contributed by atoms with Crippen molar-refractivity contribution in [2.24, 2.45) is 29.2 Å². The number of thioether (sulfide) groups is 1. The summed E-state index contributed by atoms with van der Waals surface area (Å²) in [6, 6.07) is 57.1. The zero-order chi connectivity index (χ0) is 40.6. The smallest absolute Gasteiger partial charge is 0.122 e. The van der Waals surface area contributed by atoms with Crippen molar-refractivity contribution in [3.05, 3.63) is 251 Å². The summed E-state index contributed by atoms with van der Waals surface area (Å²) in [4.78, 5) is 2.86. The highest BCUT2D eigenvalue weighted by atomic mass is 32.2. The van der Waals surface area contributed by atoms with Gasteiger partial charge in [-0.1, -0.05) is 218 Å². The Morgan fingerprint density at radius 2 is 1.17 bits per heavy atom. The van der Waals surface area contributed by atoms with E-state index in [0.717, 1.165) is 5.56 Å². The van der Waals surface area contributed by atoms with E-state index in [0.29, 0.717) is 24.3 Å². The molecule has 4 unspecified atom stereocenters. The summed E-state index contributed by atoms with van der Waals surface area (Å²) < 4.78 is 0. The van der Waals surface area contributed by atoms with Gasteiger partial charge in [-0.05, 0) is 81.0 Å². The maximum absolute atomic E-state index is 7.01. The van der Waals surface area contributed by atoms with E-state index in [1.807, 2.05) is 60.3 Å². The molecule has 0 spiro atoms. The van der Waals surface area contributed by atoms with Gasteiger partial charge in [-0.2, -0.15) is 0 Å². The topological polar surface area (TPSA) is 75.9 Å². The normalized spacial score (nSPS) is 19.4. The summed E-state index contributed by atoms with van der Waals surface area (Å²) in [6.07, 6.45) is 18.7. The van der Waals surface area contributed by atoms with Crippen LogP contribution >= 0.6 is 11.8 Å². The average Bonchev–Trinajstić information content (AvgIpc) is 3.70. The van der Waals surface area contributed by atoms with Crippen LogP contribution in [-0.4, -0.2) is 12.4 Å². The van der Waals surface area contributed by atoms with Gasteiger partial charge < -0.3 is 11.5 Å². The maximum atomic E-state index is 7.01. The van der Waals surface area contributed by atoms with Crippen molar-refractivity contribution >= 4 is 23.2 Å². The molecular formula is C55H49N3S. The lowest BCUT2D eigenvalue weighted by molar-refractivity contribution is 0.372. The van der Waals surface area contributed by atoms with Crippen LogP contribution in [0.4, 0.5) is 0 Å². The molecule has 3 nitrogen and oxygen atoms in total. The van der Waals surface area contributed by atoms with E-state index < -0.39 is 0 Å². The Kier molecular flexibility index (Phi) is 12.3. The molecule has 0 bridgehead atoms. The van der Waals surface area contributed by atoms with Crippen molar-refractivity contribution in [2.45, 2.75) is 17.7 Å². The fourth-order valence-electron chi connectivity index (χ4n) is 8.52. The van der Waals surface area contributed by atoms with E-state index in [9.17, 15) is 0 Å². The molecule has 5 N–H and O–H groups in total. The van der Waals surface area contributed by atoms with Crippen LogP contribution in [0.15, 0.2) is 233 Å². The minimum Gasteiger partial charge on any atom is -0.384 e. The van der Waals surface area contributed by atoms with Crippen molar-refractivity contribution in [1.29, 1.82) is 5.41 Å². The molecule has 3 aliphatic carbocycles. The van der Waals surface area contributed by atoms with Gasteiger partial charge in [0.2, 0.25) is 0 Å². The van der Waals surface area contributed by atoms with E-state index in [4.69, 9.17) is 16.9 Å². The molecule has 1 aliphatic heterocycles. The molecule has 4 heteroatoms. The number of benzene rings is 6. The lowest BCUT2D eigenvalue weighted by atomic mass is 9.65. The Morgan fingerprint density at radius 1 is 0.593 bits per heavy atom. The Hall–Kier alpha value is -6.46. The first-order valence-electron chi connectivity index (χ1n) is 20.3. The Bertz CT molecular complexity index is 2590. The van der Waals surface area contributed by atoms with Gasteiger partial charge in [0.25, 0.3) is 0 Å². The quantitative estimate of drug-likeness (QED) is 0.116. The molecule has 0 fully saturated rings. The number of nitrogens with one attached hydrogen (secondary N) is 1. The number of aryl methyl sites for hydroxylation is 1. The number of hydrogen-bond donors (Lipinski definition) is 3. The van der Waals surface area contributed by atoms with Gasteiger partial charge in [0, 0.05) is 33.7 Å². The van der Waals surface area contributed by atoms with Crippen molar-refractivity contribution < 1.29 is 0 Å². The highest BCUT2D eigenvalue weighted by Gasteiger charge is 2.44. The molecule has 59 heavy (non-hydrogen) atoms. The summed E-state index contributed by atoms with van der Waals surface area (Å²) in [6.45, 7) is 2.65. The first kappa shape index (κ1) is 39.4. The van der Waals surface area contributed by atoms with E-state index >= 15 is 0 Å². The summed E-state index contributed by atoms with van der Waals surface area (Å²) in [7, 11) is 0. The number of hydrogen-bond acceptors (Lipinski definition) is 3. The van der Waals surface area contributed by atoms with Crippen molar-refractivity contribution in [2.75, 3.05) is 6.54 Å². The summed E-state index contributed by atoms with van der Waals surface area (Å²) in [5, 5.41) is 7.01. The molecule has 4 atom stereocenters. The number of rotatable bonds is 6. The van der Waals surface area contributed by atoms with E-state index in [2.05, 4.69) is 171 Å². The lowest BCUT2D eigenvalue weighted by Crippen LogP contribution is -2.30. The molecule has 0 saturated carbocycles. The van der Waals surface area contributed by atoms with Crippen LogP contribution in [0.2, 0.25) is 0 Å². The summed E-state index contributed by atoms with van der Waals surface area (Å²) in [5.41, 5.74) is 25.3. The van der Waals surface area contributed by atoms with E-state index in [1.54, 1.807) is 0 Å². The van der Waals surface area contributed by atoms with Gasteiger partial charge >= 0.3 is 0 Å². The first-order valence-corrected chi connectivity index (χ1v) is 21.1. The third-order valence-electron chi connectivity index (χ3n) is 11.4. The first-order chi connectivity index (χ1) is 29.0. The third-order valence-corrected chi connectivity index (χ3v) is 12.8. The summed E-state index contributed by atoms with van der Waals surface area (Å²) in [5.74, 6) is 1.36. The largest absolute Gasteiger partial charge is 0.384 e. The zero-order valence-electron chi connectivity index (χ0n) is 33.3. The molecule has 1 heterocycles. The minimum atomic E-state index is 0.121. The molecule has 0 saturated heterocycles. The van der Waals surface area contributed by atoms with Gasteiger partial charge in [-0.15, -0.1) is 0 Å². The number of nitrogen functional groups attached to an aromatic ring is 1. The fraction of sp³-hybridized carbons (Fsp3) is 0.109. The predicted octanol–water partition coefficient (Wildman–Crippen LogP) is 13.0. The van der Waals surface area contributed by atoms with Gasteiger partial charge in [0.05, 0.1) is 0 Å². The molecule has 0 aromatic heterocycles. The average molecular weight is 784 g/mol. The molecule has 6 aromatic rings. The highest BCUT2D eigenvalue weighted by Crippen LogP contribution is 2.62. The second-order valence-corrected chi connectivity index (χ2v) is 16.2. The van der Waals surface area contributed by atoms with Gasteiger partial charge in [-0.3, -0.25) is 5.41 Å². The van der Waals surface area contributed by atoms with Crippen LogP contribution in [0.3, 0.4) is 0 Å². The zero-order valence-corrected chi connectivity index (χ0v) is 34.1. The summed E-state index contributed by atoms with van der Waals surface area (Å²) >= 11 is 1.99. The van der Waals surface area contributed by atoms with Crippen LogP contribution in [0, 0.1) is 30.1 Å². The second-order valence-electron chi connectivity index (χ2n) is 15.2. The standard InChI is InChI=1S/C41H33NS.C7H8N2.C7H8/c42-26-30-20-21-35(34-19-11-10-18-32(30)34)36-23-22-33(28-14-6-2-7-15-28)41-39(36)38-25-31(27-12-4-1-5-13-27)24-37(40(38)43-41)29-16-8-3-9-17-29;8-7(9)6-4-2-1-3-5-6;1-7-5-3-2-4-6-7/h1-25,34-36,39H,26,42H2;1-5H,(H3,8,9);2-6H,1H3. The van der Waals surface area contributed by atoms with Crippen LogP contribution in [0.25, 0.3) is 27.8 Å². The molecule has 0 radical (unpaired) electrons. The number of amidine groups is 1. The number of nitrogens with two attached hydrogens (primary N) is 2. The third kappa shape index (κ3) is 8.71. The molecule has 4 aliphatic rings. The van der Waals surface area contributed by atoms with Gasteiger partial charge in [0.15, 0.2) is 0 Å². The number of allylic oxidation sites excluding steroid dienone is 10. The molecule has 290 valence electrons. The Balaban J connectivity index is 0.000000252. The van der Waals surface area contributed by atoms with Gasteiger partial charge in [-0.25, -0.2) is 0 Å². The Morgan fingerprint density at radius 3 is 1.75 bits per heavy atom. The second kappa shape index (κ2) is 18.4. The van der Waals surface area contributed by atoms with Crippen LogP contribution in [0.1, 0.15) is 28.2 Å². The fourth-order valence-corrected chi connectivity index (χ4v) is 10.0. The molecule has 6 aromatic carbocycles. The maximum Gasteiger partial charge on any atom is 0.122 e. The lowest BCUT2D eigenvalue weighted by Gasteiger charge is -2.39. The minimum absolute atomic E-state index is 0.121. The van der Waals surface area contributed by atoms with Crippen LogP contribution in [0.5, 0.6) is 0 Å². The monoisotopic (exact) mass is 783 g/mol. The van der Waals surface area contributed by atoms with Gasteiger partial charge in [0.1, 0.15) is 5.84 Å². The molecule has 10 rings (SSSR count).